The summed E-state index contributed by atoms with van der Waals surface area (Å²) in [7, 11) is 0. The van der Waals surface area contributed by atoms with Crippen LogP contribution in [-0.4, -0.2) is 10.4 Å². The van der Waals surface area contributed by atoms with Gasteiger partial charge in [0.25, 0.3) is 0 Å². The number of para-hydroxylation sites is 1. The molecule has 0 atom stereocenters. The summed E-state index contributed by atoms with van der Waals surface area (Å²) in [5, 5.41) is 10.0. The van der Waals surface area contributed by atoms with Crippen molar-refractivity contribution in [3.05, 3.63) is 84.5 Å². The van der Waals surface area contributed by atoms with Crippen LogP contribution in [0, 0.1) is 5.41 Å². The second-order valence-corrected chi connectivity index (χ2v) is 6.04. The summed E-state index contributed by atoms with van der Waals surface area (Å²) in [4.78, 5) is 0. The minimum atomic E-state index is 0.0990. The van der Waals surface area contributed by atoms with Crippen molar-refractivity contribution in [1.82, 2.24) is 4.57 Å². The van der Waals surface area contributed by atoms with Gasteiger partial charge in [0.05, 0.1) is 0 Å². The fourth-order valence-corrected chi connectivity index (χ4v) is 3.18. The molecule has 0 saturated heterocycles. The summed E-state index contributed by atoms with van der Waals surface area (Å²) in [6.45, 7) is 6.81. The van der Waals surface area contributed by atoms with Gasteiger partial charge in [-0.3, -0.25) is 5.41 Å². The Morgan fingerprint density at radius 1 is 1.16 bits per heavy atom. The Hall–Kier alpha value is -3.07. The van der Waals surface area contributed by atoms with Crippen molar-refractivity contribution in [2.24, 2.45) is 5.73 Å². The third-order valence-electron chi connectivity index (χ3n) is 4.47. The average molecular weight is 329 g/mol. The number of hydrogen-bond acceptors (Lipinski definition) is 1. The number of nitrogens with one attached hydrogen (secondary N) is 1. The molecule has 0 radical (unpaired) electrons. The molecule has 3 N–H and O–H groups in total. The molecule has 2 aromatic carbocycles. The standard InChI is InChI=1S/C22H23N3/c1-3-5-8-16(4-2)13-14-25-20-10-7-6-9-18(20)19-15-17(22(23)24)11-12-21(19)25/h3-12,15H,2,13-14H2,1H3,(H3,23,24)/b5-3-,16-8+. The van der Waals surface area contributed by atoms with Crippen molar-refractivity contribution in [3.8, 4) is 0 Å². The van der Waals surface area contributed by atoms with Crippen molar-refractivity contribution in [1.29, 1.82) is 5.41 Å². The Morgan fingerprint density at radius 3 is 2.64 bits per heavy atom. The van der Waals surface area contributed by atoms with E-state index in [4.69, 9.17) is 11.1 Å². The number of hydrogen-bond donors (Lipinski definition) is 2. The first-order valence-electron chi connectivity index (χ1n) is 8.45. The molecule has 0 saturated carbocycles. The molecule has 3 nitrogen and oxygen atoms in total. The summed E-state index contributed by atoms with van der Waals surface area (Å²) in [6, 6.07) is 14.4. The van der Waals surface area contributed by atoms with Crippen LogP contribution in [0.25, 0.3) is 21.8 Å². The molecule has 1 heterocycles. The van der Waals surface area contributed by atoms with Crippen molar-refractivity contribution in [3.63, 3.8) is 0 Å². The number of nitrogens with zero attached hydrogens (tertiary/aromatic N) is 1. The van der Waals surface area contributed by atoms with E-state index in [1.54, 1.807) is 0 Å². The molecule has 1 aromatic heterocycles. The first-order chi connectivity index (χ1) is 12.2. The van der Waals surface area contributed by atoms with Crippen LogP contribution >= 0.6 is 0 Å². The molecule has 0 aliphatic rings. The summed E-state index contributed by atoms with van der Waals surface area (Å²) in [5.41, 5.74) is 10.0. The lowest BCUT2D eigenvalue weighted by atomic mass is 10.1. The quantitative estimate of drug-likeness (QED) is 0.366. The van der Waals surface area contributed by atoms with E-state index in [1.807, 2.05) is 43.4 Å². The second kappa shape index (κ2) is 7.22. The molecule has 0 aliphatic carbocycles. The van der Waals surface area contributed by atoms with Gasteiger partial charge < -0.3 is 10.3 Å². The summed E-state index contributed by atoms with van der Waals surface area (Å²) >= 11 is 0. The lowest BCUT2D eigenvalue weighted by molar-refractivity contribution is 0.747. The molecule has 0 unspecified atom stereocenters. The zero-order chi connectivity index (χ0) is 17.8. The molecule has 3 aromatic rings. The maximum atomic E-state index is 7.70. The zero-order valence-electron chi connectivity index (χ0n) is 14.5. The number of amidine groups is 1. The largest absolute Gasteiger partial charge is 0.384 e. The van der Waals surface area contributed by atoms with Gasteiger partial charge in [-0.1, -0.05) is 49.1 Å². The highest BCUT2D eigenvalue weighted by molar-refractivity contribution is 6.10. The Labute approximate surface area is 148 Å². The van der Waals surface area contributed by atoms with Crippen LogP contribution in [-0.2, 0) is 6.54 Å². The molecule has 0 bridgehead atoms. The SMILES string of the molecule is C=C/C(=C\C=C/C)CCn1c2ccccc2c2cc(C(=N)N)ccc21. The molecule has 0 amide bonds. The lowest BCUT2D eigenvalue weighted by Crippen LogP contribution is -2.10. The van der Waals surface area contributed by atoms with Gasteiger partial charge in [-0.2, -0.15) is 0 Å². The number of nitrogen functional groups attached to an aromatic ring is 1. The van der Waals surface area contributed by atoms with E-state index in [0.29, 0.717) is 0 Å². The fraction of sp³-hybridized carbons (Fsp3) is 0.136. The molecular formula is C22H23N3. The smallest absolute Gasteiger partial charge is 0.122 e. The Morgan fingerprint density at radius 2 is 1.92 bits per heavy atom. The van der Waals surface area contributed by atoms with Gasteiger partial charge in [0.1, 0.15) is 5.84 Å². The van der Waals surface area contributed by atoms with E-state index in [-0.39, 0.29) is 5.84 Å². The van der Waals surface area contributed by atoms with Crippen LogP contribution in [0.5, 0.6) is 0 Å². The molecule has 0 fully saturated rings. The van der Waals surface area contributed by atoms with E-state index >= 15 is 0 Å². The van der Waals surface area contributed by atoms with Gasteiger partial charge >= 0.3 is 0 Å². The molecule has 25 heavy (non-hydrogen) atoms. The van der Waals surface area contributed by atoms with E-state index in [9.17, 15) is 0 Å². The van der Waals surface area contributed by atoms with Crippen LogP contribution in [0.15, 0.2) is 78.9 Å². The first kappa shape index (κ1) is 16.8. The molecule has 0 aliphatic heterocycles. The minimum Gasteiger partial charge on any atom is -0.384 e. The van der Waals surface area contributed by atoms with Crippen LogP contribution in [0.4, 0.5) is 0 Å². The Kier molecular flexibility index (Phi) is 4.85. The Bertz CT molecular complexity index is 1000. The van der Waals surface area contributed by atoms with Crippen LogP contribution in [0.1, 0.15) is 18.9 Å². The summed E-state index contributed by atoms with van der Waals surface area (Å²) < 4.78 is 2.33. The van der Waals surface area contributed by atoms with E-state index in [2.05, 4.69) is 41.5 Å². The predicted octanol–water partition coefficient (Wildman–Crippen LogP) is 5.16. The first-order valence-corrected chi connectivity index (χ1v) is 8.45. The number of rotatable bonds is 6. The highest BCUT2D eigenvalue weighted by atomic mass is 15.0. The van der Waals surface area contributed by atoms with Gasteiger partial charge in [-0.15, -0.1) is 0 Å². The average Bonchev–Trinajstić information content (AvgIpc) is 2.95. The maximum Gasteiger partial charge on any atom is 0.122 e. The minimum absolute atomic E-state index is 0.0990. The molecule has 126 valence electrons. The predicted molar refractivity (Wildman–Crippen MR) is 108 cm³/mol. The topological polar surface area (TPSA) is 54.8 Å². The molecule has 3 heteroatoms. The number of aryl methyl sites for hydroxylation is 1. The van der Waals surface area contributed by atoms with E-state index < -0.39 is 0 Å². The van der Waals surface area contributed by atoms with Gasteiger partial charge in [-0.05, 0) is 43.2 Å². The van der Waals surface area contributed by atoms with Gasteiger partial charge in [0, 0.05) is 33.9 Å². The van der Waals surface area contributed by atoms with Crippen molar-refractivity contribution in [2.45, 2.75) is 19.9 Å². The van der Waals surface area contributed by atoms with Crippen LogP contribution in [0.2, 0.25) is 0 Å². The Balaban J connectivity index is 2.10. The van der Waals surface area contributed by atoms with E-state index in [0.717, 1.165) is 23.9 Å². The van der Waals surface area contributed by atoms with Gasteiger partial charge in [0.2, 0.25) is 0 Å². The number of nitrogens with two attached hydrogens (primary N) is 1. The zero-order valence-corrected chi connectivity index (χ0v) is 14.5. The monoisotopic (exact) mass is 329 g/mol. The van der Waals surface area contributed by atoms with Crippen molar-refractivity contribution in [2.75, 3.05) is 0 Å². The van der Waals surface area contributed by atoms with Crippen molar-refractivity contribution >= 4 is 27.6 Å². The van der Waals surface area contributed by atoms with Gasteiger partial charge in [-0.25, -0.2) is 0 Å². The molecular weight excluding hydrogens is 306 g/mol. The number of aromatic nitrogens is 1. The highest BCUT2D eigenvalue weighted by Crippen LogP contribution is 2.30. The summed E-state index contributed by atoms with van der Waals surface area (Å²) in [6.07, 6.45) is 9.00. The lowest BCUT2D eigenvalue weighted by Gasteiger charge is -2.08. The fourth-order valence-electron chi connectivity index (χ4n) is 3.18. The van der Waals surface area contributed by atoms with E-state index in [1.165, 1.54) is 22.0 Å². The number of allylic oxidation sites excluding steroid dienone is 5. The summed E-state index contributed by atoms with van der Waals surface area (Å²) in [5.74, 6) is 0.0990. The molecule has 3 rings (SSSR count). The third-order valence-corrected chi connectivity index (χ3v) is 4.47. The number of benzene rings is 2. The highest BCUT2D eigenvalue weighted by Gasteiger charge is 2.11. The van der Waals surface area contributed by atoms with Crippen LogP contribution < -0.4 is 5.73 Å². The van der Waals surface area contributed by atoms with Crippen LogP contribution in [0.3, 0.4) is 0 Å². The molecule has 0 spiro atoms. The third kappa shape index (κ3) is 3.26. The van der Waals surface area contributed by atoms with Gasteiger partial charge in [0.15, 0.2) is 0 Å². The maximum absolute atomic E-state index is 7.70. The number of fused-ring (bicyclic) bond motifs is 3. The second-order valence-electron chi connectivity index (χ2n) is 6.04. The normalized spacial score (nSPS) is 12.3. The van der Waals surface area contributed by atoms with Crippen molar-refractivity contribution < 1.29 is 0 Å².